The van der Waals surface area contributed by atoms with Gasteiger partial charge in [0.05, 0.1) is 30.5 Å². The Hall–Kier alpha value is -2.41. The number of hydrogen-bond acceptors (Lipinski definition) is 4. The number of aromatic nitrogens is 2. The van der Waals surface area contributed by atoms with Gasteiger partial charge >= 0.3 is 0 Å². The molecule has 0 spiro atoms. The zero-order valence-corrected chi connectivity index (χ0v) is 17.5. The lowest BCUT2D eigenvalue weighted by molar-refractivity contribution is -0.136. The molecule has 3 fully saturated rings. The highest BCUT2D eigenvalue weighted by molar-refractivity contribution is 6.00. The minimum absolute atomic E-state index is 0.0300. The molecule has 5 rings (SSSR count). The molecule has 7 heteroatoms. The van der Waals surface area contributed by atoms with Gasteiger partial charge in [0.15, 0.2) is 0 Å². The van der Waals surface area contributed by atoms with Crippen LogP contribution >= 0.6 is 0 Å². The molecule has 3 aliphatic rings. The third-order valence-electron chi connectivity index (χ3n) is 7.06. The van der Waals surface area contributed by atoms with E-state index in [0.29, 0.717) is 43.7 Å². The van der Waals surface area contributed by atoms with Gasteiger partial charge in [0.25, 0.3) is 5.91 Å². The van der Waals surface area contributed by atoms with Gasteiger partial charge in [-0.2, -0.15) is 5.10 Å². The Bertz CT molecular complexity index is 920. The normalized spacial score (nSPS) is 21.5. The lowest BCUT2D eigenvalue weighted by Crippen LogP contribution is -2.41. The van der Waals surface area contributed by atoms with Crippen LogP contribution < -0.4 is 0 Å². The van der Waals surface area contributed by atoms with Crippen LogP contribution in [0.4, 0.5) is 0 Å². The lowest BCUT2D eigenvalue weighted by atomic mass is 9.89. The summed E-state index contributed by atoms with van der Waals surface area (Å²) in [5.74, 6) is 1.08. The summed E-state index contributed by atoms with van der Waals surface area (Å²) in [5, 5.41) is 4.39. The minimum Gasteiger partial charge on any atom is -0.378 e. The first-order chi connectivity index (χ1) is 14.7. The standard InChI is InChI=1S/C23H30N4O3/c28-22(18-3-1-2-4-18)25-8-5-17(6-9-25)19-7-10-27-21(15-19)20(16-24-27)23(29)26-11-13-30-14-12-26/h7,10,15-18H,1-6,8-9,11-14H2. The van der Waals surface area contributed by atoms with Gasteiger partial charge in [-0.05, 0) is 49.3 Å². The Morgan fingerprint density at radius 1 is 0.967 bits per heavy atom. The van der Waals surface area contributed by atoms with Crippen LogP contribution in [0.2, 0.25) is 0 Å². The highest BCUT2D eigenvalue weighted by Gasteiger charge is 2.30. The van der Waals surface area contributed by atoms with Crippen molar-refractivity contribution in [3.8, 4) is 0 Å². The van der Waals surface area contributed by atoms with Crippen LogP contribution in [0.1, 0.15) is 60.4 Å². The summed E-state index contributed by atoms with van der Waals surface area (Å²) in [6.07, 6.45) is 10.1. The van der Waals surface area contributed by atoms with Crippen LogP contribution in [-0.2, 0) is 9.53 Å². The summed E-state index contributed by atoms with van der Waals surface area (Å²) >= 11 is 0. The molecule has 2 aromatic rings. The molecule has 2 amide bonds. The van der Waals surface area contributed by atoms with Crippen LogP contribution in [0.15, 0.2) is 24.5 Å². The Labute approximate surface area is 177 Å². The largest absolute Gasteiger partial charge is 0.378 e. The second-order valence-corrected chi connectivity index (χ2v) is 8.83. The second-order valence-electron chi connectivity index (χ2n) is 8.83. The van der Waals surface area contributed by atoms with Gasteiger partial charge in [-0.1, -0.05) is 12.8 Å². The van der Waals surface area contributed by atoms with Crippen LogP contribution in [0.3, 0.4) is 0 Å². The predicted octanol–water partition coefficient (Wildman–Crippen LogP) is 2.70. The number of piperidine rings is 1. The predicted molar refractivity (Wildman–Crippen MR) is 112 cm³/mol. The fourth-order valence-corrected chi connectivity index (χ4v) is 5.22. The summed E-state index contributed by atoms with van der Waals surface area (Å²) in [7, 11) is 0. The molecule has 0 aromatic carbocycles. The lowest BCUT2D eigenvalue weighted by Gasteiger charge is -2.34. The van der Waals surface area contributed by atoms with Crippen molar-refractivity contribution in [1.82, 2.24) is 19.4 Å². The zero-order valence-electron chi connectivity index (χ0n) is 17.5. The van der Waals surface area contributed by atoms with E-state index in [4.69, 9.17) is 4.74 Å². The van der Waals surface area contributed by atoms with E-state index >= 15 is 0 Å². The van der Waals surface area contributed by atoms with E-state index in [2.05, 4.69) is 22.1 Å². The quantitative estimate of drug-likeness (QED) is 0.780. The smallest absolute Gasteiger partial charge is 0.257 e. The molecular weight excluding hydrogens is 380 g/mol. The number of nitrogens with zero attached hydrogens (tertiary/aromatic N) is 4. The molecule has 1 aliphatic carbocycles. The molecule has 0 unspecified atom stereocenters. The molecule has 7 nitrogen and oxygen atoms in total. The van der Waals surface area contributed by atoms with E-state index in [-0.39, 0.29) is 11.8 Å². The number of hydrogen-bond donors (Lipinski definition) is 0. The topological polar surface area (TPSA) is 67.2 Å². The van der Waals surface area contributed by atoms with Gasteiger partial charge in [-0.25, -0.2) is 4.52 Å². The summed E-state index contributed by atoms with van der Waals surface area (Å²) in [5.41, 5.74) is 2.77. The average molecular weight is 411 g/mol. The molecule has 0 bridgehead atoms. The molecule has 0 radical (unpaired) electrons. The third-order valence-corrected chi connectivity index (χ3v) is 7.06. The van der Waals surface area contributed by atoms with Crippen molar-refractivity contribution in [2.24, 2.45) is 5.92 Å². The number of carbonyl (C=O) groups excluding carboxylic acids is 2. The SMILES string of the molecule is O=C(c1cnn2ccc(C3CCN(C(=O)C4CCCC4)CC3)cc12)N1CCOCC1. The van der Waals surface area contributed by atoms with Gasteiger partial charge in [0, 0.05) is 38.3 Å². The maximum absolute atomic E-state index is 13.0. The number of pyridine rings is 1. The van der Waals surface area contributed by atoms with E-state index in [0.717, 1.165) is 44.3 Å². The fourth-order valence-electron chi connectivity index (χ4n) is 5.22. The van der Waals surface area contributed by atoms with Crippen molar-refractivity contribution in [2.75, 3.05) is 39.4 Å². The first-order valence-corrected chi connectivity index (χ1v) is 11.3. The van der Waals surface area contributed by atoms with Crippen molar-refractivity contribution in [2.45, 2.75) is 44.4 Å². The van der Waals surface area contributed by atoms with E-state index in [1.165, 1.54) is 18.4 Å². The van der Waals surface area contributed by atoms with Gasteiger partial charge in [-0.3, -0.25) is 9.59 Å². The average Bonchev–Trinajstić information content (AvgIpc) is 3.49. The molecule has 2 aliphatic heterocycles. The first-order valence-electron chi connectivity index (χ1n) is 11.3. The van der Waals surface area contributed by atoms with E-state index in [9.17, 15) is 9.59 Å². The number of likely N-dealkylation sites (tertiary alicyclic amines) is 1. The van der Waals surface area contributed by atoms with Gasteiger partial charge in [0.2, 0.25) is 5.91 Å². The summed E-state index contributed by atoms with van der Waals surface area (Å²) in [4.78, 5) is 29.6. The zero-order chi connectivity index (χ0) is 20.5. The number of rotatable bonds is 3. The highest BCUT2D eigenvalue weighted by Crippen LogP contribution is 2.32. The molecule has 2 aromatic heterocycles. The molecule has 30 heavy (non-hydrogen) atoms. The van der Waals surface area contributed by atoms with E-state index in [1.54, 1.807) is 10.7 Å². The molecular formula is C23H30N4O3. The molecule has 0 N–H and O–H groups in total. The number of amides is 2. The summed E-state index contributed by atoms with van der Waals surface area (Å²) in [6, 6.07) is 4.24. The van der Waals surface area contributed by atoms with Gasteiger partial charge < -0.3 is 14.5 Å². The summed E-state index contributed by atoms with van der Waals surface area (Å²) in [6.45, 7) is 4.11. The van der Waals surface area contributed by atoms with Crippen LogP contribution in [0.25, 0.3) is 5.52 Å². The molecule has 1 saturated carbocycles. The molecule has 4 heterocycles. The first kappa shape index (κ1) is 19.5. The van der Waals surface area contributed by atoms with Crippen molar-refractivity contribution in [1.29, 1.82) is 0 Å². The van der Waals surface area contributed by atoms with Crippen molar-refractivity contribution in [3.05, 3.63) is 35.7 Å². The number of morpholine rings is 1. The highest BCUT2D eigenvalue weighted by atomic mass is 16.5. The molecule has 0 atom stereocenters. The molecule has 2 saturated heterocycles. The van der Waals surface area contributed by atoms with Gasteiger partial charge in [0.1, 0.15) is 0 Å². The Balaban J connectivity index is 1.29. The molecule has 160 valence electrons. The van der Waals surface area contributed by atoms with E-state index in [1.807, 2.05) is 11.1 Å². The van der Waals surface area contributed by atoms with Crippen molar-refractivity contribution >= 4 is 17.3 Å². The number of carbonyl (C=O) groups is 2. The van der Waals surface area contributed by atoms with Crippen molar-refractivity contribution in [3.63, 3.8) is 0 Å². The summed E-state index contributed by atoms with van der Waals surface area (Å²) < 4.78 is 7.16. The Morgan fingerprint density at radius 3 is 2.43 bits per heavy atom. The maximum Gasteiger partial charge on any atom is 0.257 e. The third kappa shape index (κ3) is 3.71. The van der Waals surface area contributed by atoms with Crippen LogP contribution in [0, 0.1) is 5.92 Å². The number of fused-ring (bicyclic) bond motifs is 1. The monoisotopic (exact) mass is 410 g/mol. The maximum atomic E-state index is 13.0. The Kier molecular flexibility index (Phi) is 5.46. The van der Waals surface area contributed by atoms with Gasteiger partial charge in [-0.15, -0.1) is 0 Å². The van der Waals surface area contributed by atoms with Crippen LogP contribution in [0.5, 0.6) is 0 Å². The van der Waals surface area contributed by atoms with Crippen molar-refractivity contribution < 1.29 is 14.3 Å². The van der Waals surface area contributed by atoms with Crippen LogP contribution in [-0.4, -0.2) is 70.6 Å². The second kappa shape index (κ2) is 8.38. The Morgan fingerprint density at radius 2 is 1.70 bits per heavy atom. The fraction of sp³-hybridized carbons (Fsp3) is 0.609. The van der Waals surface area contributed by atoms with E-state index < -0.39 is 0 Å². The minimum atomic E-state index is 0.0300. The number of ether oxygens (including phenoxy) is 1.